The molecule has 1 aliphatic carbocycles. The van der Waals surface area contributed by atoms with Crippen molar-refractivity contribution in [1.29, 1.82) is 0 Å². The van der Waals surface area contributed by atoms with Crippen molar-refractivity contribution in [1.82, 2.24) is 0 Å². The Morgan fingerprint density at radius 3 is 2.59 bits per heavy atom. The molecule has 0 spiro atoms. The van der Waals surface area contributed by atoms with Crippen LogP contribution in [0.1, 0.15) is 23.1 Å². The van der Waals surface area contributed by atoms with Crippen LogP contribution in [0, 0.1) is 6.92 Å². The molecule has 1 heterocycles. The van der Waals surface area contributed by atoms with Crippen molar-refractivity contribution >= 4 is 6.08 Å². The molecule has 0 atom stereocenters. The van der Waals surface area contributed by atoms with Crippen molar-refractivity contribution in [3.63, 3.8) is 0 Å². The minimum atomic E-state index is -2.08. The maximum Gasteiger partial charge on any atom is 0.286 e. The molecule has 0 amide bonds. The number of aliphatic hydroxyl groups is 2. The number of phenolic OH excluding ortho intramolecular Hbond substituents is 1. The molecule has 1 aromatic heterocycles. The van der Waals surface area contributed by atoms with Gasteiger partial charge < -0.3 is 24.8 Å². The molecular formula is C16H14O6. The Morgan fingerprint density at radius 2 is 1.91 bits per heavy atom. The maximum atomic E-state index is 11.5. The van der Waals surface area contributed by atoms with E-state index in [1.165, 1.54) is 6.07 Å². The van der Waals surface area contributed by atoms with Crippen LogP contribution < -0.4 is 5.43 Å². The average molecular weight is 302 g/mol. The first kappa shape index (κ1) is 14.4. The van der Waals surface area contributed by atoms with E-state index in [9.17, 15) is 25.2 Å². The summed E-state index contributed by atoms with van der Waals surface area (Å²) in [7, 11) is 0. The lowest BCUT2D eigenvalue weighted by Gasteiger charge is -2.29. The molecule has 0 fully saturated rings. The van der Waals surface area contributed by atoms with Crippen molar-refractivity contribution in [3.8, 4) is 23.0 Å². The monoisotopic (exact) mass is 302 g/mol. The summed E-state index contributed by atoms with van der Waals surface area (Å²) < 4.78 is 5.08. The molecule has 0 radical (unpaired) electrons. The molecule has 4 N–H and O–H groups in total. The van der Waals surface area contributed by atoms with Crippen molar-refractivity contribution in [2.45, 2.75) is 19.1 Å². The molecule has 1 aliphatic rings. The van der Waals surface area contributed by atoms with E-state index in [1.54, 1.807) is 19.1 Å². The average Bonchev–Trinajstić information content (AvgIpc) is 2.35. The lowest BCUT2D eigenvalue weighted by Crippen LogP contribution is -2.28. The van der Waals surface area contributed by atoms with E-state index < -0.39 is 17.2 Å². The molecule has 0 saturated carbocycles. The second-order valence-corrected chi connectivity index (χ2v) is 5.28. The molecule has 0 aliphatic heterocycles. The Kier molecular flexibility index (Phi) is 3.09. The molecule has 114 valence electrons. The van der Waals surface area contributed by atoms with Crippen LogP contribution in [0.5, 0.6) is 11.7 Å². The van der Waals surface area contributed by atoms with E-state index in [1.807, 2.05) is 0 Å². The fourth-order valence-electron chi connectivity index (χ4n) is 2.84. The number of aromatic hydroxyl groups is 2. The summed E-state index contributed by atoms with van der Waals surface area (Å²) in [6, 6.07) is 3.38. The zero-order valence-electron chi connectivity index (χ0n) is 11.7. The predicted molar refractivity (Wildman–Crippen MR) is 78.2 cm³/mol. The van der Waals surface area contributed by atoms with E-state index in [0.717, 1.165) is 12.1 Å². The lowest BCUT2D eigenvalue weighted by molar-refractivity contribution is -0.167. The van der Waals surface area contributed by atoms with Gasteiger partial charge in [0, 0.05) is 18.1 Å². The van der Waals surface area contributed by atoms with E-state index in [0.29, 0.717) is 11.1 Å². The predicted octanol–water partition coefficient (Wildman–Crippen LogP) is 1.58. The van der Waals surface area contributed by atoms with Crippen molar-refractivity contribution in [2.24, 2.45) is 0 Å². The summed E-state index contributed by atoms with van der Waals surface area (Å²) in [6.45, 7) is 1.58. The zero-order chi connectivity index (χ0) is 16.1. The number of fused-ring (bicyclic) bond motifs is 1. The van der Waals surface area contributed by atoms with Gasteiger partial charge in [-0.25, -0.2) is 0 Å². The molecule has 2 aromatic rings. The normalized spacial score (nSPS) is 15.6. The molecule has 1 aromatic carbocycles. The van der Waals surface area contributed by atoms with Crippen LogP contribution in [-0.2, 0) is 5.79 Å². The van der Waals surface area contributed by atoms with Gasteiger partial charge in [0.1, 0.15) is 11.5 Å². The molecule has 6 nitrogen and oxygen atoms in total. The first-order valence-corrected chi connectivity index (χ1v) is 6.62. The Hall–Kier alpha value is -2.57. The fourth-order valence-corrected chi connectivity index (χ4v) is 2.84. The van der Waals surface area contributed by atoms with Crippen LogP contribution in [0.3, 0.4) is 0 Å². The van der Waals surface area contributed by atoms with Crippen molar-refractivity contribution in [2.75, 3.05) is 0 Å². The van der Waals surface area contributed by atoms with E-state index >= 15 is 0 Å². The van der Waals surface area contributed by atoms with Crippen LogP contribution in [-0.4, -0.2) is 20.4 Å². The minimum absolute atomic E-state index is 0.00897. The van der Waals surface area contributed by atoms with Gasteiger partial charge in [-0.3, -0.25) is 4.79 Å². The number of benzene rings is 1. The third-order valence-corrected chi connectivity index (χ3v) is 3.69. The third kappa shape index (κ3) is 2.18. The lowest BCUT2D eigenvalue weighted by atomic mass is 9.85. The number of hydrogen-bond acceptors (Lipinski definition) is 6. The van der Waals surface area contributed by atoms with E-state index in [4.69, 9.17) is 4.42 Å². The summed E-state index contributed by atoms with van der Waals surface area (Å²) in [4.78, 5) is 11.5. The standard InChI is InChI=1S/C16H14O6/c1-8-14(12-6-10(17)7-13(19)22-12)11(18)5-9-3-2-4-16(20,21)15(8)9/h2-3,5-7,18-21H,4H2,1H3. The van der Waals surface area contributed by atoms with Crippen LogP contribution in [0.2, 0.25) is 0 Å². The molecular weight excluding hydrogens is 288 g/mol. The molecule has 22 heavy (non-hydrogen) atoms. The fraction of sp³-hybridized carbons (Fsp3) is 0.188. The highest BCUT2D eigenvalue weighted by Gasteiger charge is 2.33. The Balaban J connectivity index is 2.35. The zero-order valence-corrected chi connectivity index (χ0v) is 11.7. The maximum absolute atomic E-state index is 11.5. The minimum Gasteiger partial charge on any atom is -0.507 e. The smallest absolute Gasteiger partial charge is 0.286 e. The van der Waals surface area contributed by atoms with Crippen LogP contribution >= 0.6 is 0 Å². The van der Waals surface area contributed by atoms with Crippen LogP contribution in [0.25, 0.3) is 17.4 Å². The highest BCUT2D eigenvalue weighted by Crippen LogP contribution is 2.43. The summed E-state index contributed by atoms with van der Waals surface area (Å²) in [5.74, 6) is -2.90. The molecule has 0 saturated heterocycles. The van der Waals surface area contributed by atoms with Gasteiger partial charge in [-0.15, -0.1) is 0 Å². The summed E-state index contributed by atoms with van der Waals surface area (Å²) in [6.07, 6.45) is 3.28. The topological polar surface area (TPSA) is 111 Å². The van der Waals surface area contributed by atoms with E-state index in [2.05, 4.69) is 0 Å². The van der Waals surface area contributed by atoms with Crippen LogP contribution in [0.4, 0.5) is 0 Å². The first-order valence-electron chi connectivity index (χ1n) is 6.62. The number of phenols is 1. The Labute approximate surface area is 125 Å². The number of rotatable bonds is 1. The highest BCUT2D eigenvalue weighted by molar-refractivity contribution is 5.76. The van der Waals surface area contributed by atoms with Crippen molar-refractivity contribution in [3.05, 3.63) is 51.2 Å². The van der Waals surface area contributed by atoms with Gasteiger partial charge in [0.15, 0.2) is 11.2 Å². The summed E-state index contributed by atoms with van der Waals surface area (Å²) in [5, 5.41) is 40.0. The quantitative estimate of drug-likeness (QED) is 0.595. The Morgan fingerprint density at radius 1 is 1.18 bits per heavy atom. The largest absolute Gasteiger partial charge is 0.507 e. The van der Waals surface area contributed by atoms with Gasteiger partial charge in [0.2, 0.25) is 0 Å². The van der Waals surface area contributed by atoms with Gasteiger partial charge in [-0.05, 0) is 24.1 Å². The first-order chi connectivity index (χ1) is 10.3. The molecule has 3 rings (SSSR count). The second kappa shape index (κ2) is 4.72. The number of hydrogen-bond donors (Lipinski definition) is 4. The summed E-state index contributed by atoms with van der Waals surface area (Å²) >= 11 is 0. The van der Waals surface area contributed by atoms with Gasteiger partial charge in [-0.1, -0.05) is 12.2 Å². The van der Waals surface area contributed by atoms with Gasteiger partial charge >= 0.3 is 0 Å². The van der Waals surface area contributed by atoms with Gasteiger partial charge in [0.25, 0.3) is 5.95 Å². The van der Waals surface area contributed by atoms with Crippen molar-refractivity contribution < 1.29 is 24.8 Å². The molecule has 0 unspecified atom stereocenters. The second-order valence-electron chi connectivity index (χ2n) is 5.28. The van der Waals surface area contributed by atoms with Gasteiger partial charge in [0.05, 0.1) is 11.6 Å². The third-order valence-electron chi connectivity index (χ3n) is 3.69. The van der Waals surface area contributed by atoms with Crippen LogP contribution in [0.15, 0.2) is 33.5 Å². The SMILES string of the molecule is Cc1c(-c2cc(=O)cc(O)o2)c(O)cc2c1C(O)(O)CC=C2. The van der Waals surface area contributed by atoms with Gasteiger partial charge in [-0.2, -0.15) is 0 Å². The summed E-state index contributed by atoms with van der Waals surface area (Å²) in [5.41, 5.74) is 0.702. The van der Waals surface area contributed by atoms with E-state index in [-0.39, 0.29) is 29.1 Å². The molecule has 6 heteroatoms. The highest BCUT2D eigenvalue weighted by atomic mass is 16.5. The molecule has 0 bridgehead atoms. The Bertz CT molecular complexity index is 844.